The number of carboxylic acids is 1. The average molecular weight is 319 g/mol. The summed E-state index contributed by atoms with van der Waals surface area (Å²) in [5.74, 6) is -0.969. The minimum Gasteiger partial charge on any atom is -0.478 e. The van der Waals surface area contributed by atoms with E-state index >= 15 is 0 Å². The molecule has 0 amide bonds. The van der Waals surface area contributed by atoms with Gasteiger partial charge in [-0.3, -0.25) is 4.31 Å². The molecule has 1 atom stereocenters. The molecular weight excluding hydrogens is 306 g/mol. The Bertz CT molecular complexity index is 804. The van der Waals surface area contributed by atoms with Gasteiger partial charge in [0.15, 0.2) is 0 Å². The molecule has 0 bridgehead atoms. The molecule has 0 saturated carbocycles. The van der Waals surface area contributed by atoms with Crippen LogP contribution in [0.15, 0.2) is 59.5 Å². The molecule has 22 heavy (non-hydrogen) atoms. The van der Waals surface area contributed by atoms with Crippen molar-refractivity contribution in [1.82, 2.24) is 0 Å². The topological polar surface area (TPSA) is 83.9 Å². The summed E-state index contributed by atoms with van der Waals surface area (Å²) in [5.41, 5.74) is 0.337. The third kappa shape index (κ3) is 2.39. The maximum absolute atomic E-state index is 12.8. The zero-order valence-electron chi connectivity index (χ0n) is 11.4. The van der Waals surface area contributed by atoms with Crippen molar-refractivity contribution < 1.29 is 23.1 Å². The molecule has 114 valence electrons. The van der Waals surface area contributed by atoms with Crippen molar-refractivity contribution in [3.63, 3.8) is 0 Å². The van der Waals surface area contributed by atoms with Crippen LogP contribution >= 0.6 is 0 Å². The SMILES string of the molecule is O=C(O)C1CN(S(=O)(=O)c2ccccc2)c2ccccc2O1. The van der Waals surface area contributed by atoms with Gasteiger partial charge in [-0.05, 0) is 24.3 Å². The Morgan fingerprint density at radius 2 is 1.73 bits per heavy atom. The standard InChI is InChI=1S/C15H13NO5S/c17-15(18)14-10-16(12-8-4-5-9-13(12)21-14)22(19,20)11-6-2-1-3-7-11/h1-9,14H,10H2,(H,17,18). The fourth-order valence-electron chi connectivity index (χ4n) is 2.28. The molecule has 3 rings (SSSR count). The smallest absolute Gasteiger partial charge is 0.346 e. The van der Waals surface area contributed by atoms with Crippen LogP contribution in [0.3, 0.4) is 0 Å². The largest absolute Gasteiger partial charge is 0.478 e. The first-order valence-electron chi connectivity index (χ1n) is 6.56. The molecule has 2 aromatic rings. The number of para-hydroxylation sites is 2. The Hall–Kier alpha value is -2.54. The Balaban J connectivity index is 2.11. The van der Waals surface area contributed by atoms with E-state index in [4.69, 9.17) is 4.74 Å². The number of aliphatic carboxylic acids is 1. The number of hydrogen-bond acceptors (Lipinski definition) is 4. The number of anilines is 1. The lowest BCUT2D eigenvalue weighted by molar-refractivity contribution is -0.144. The van der Waals surface area contributed by atoms with Crippen LogP contribution in [-0.4, -0.2) is 32.1 Å². The lowest BCUT2D eigenvalue weighted by Crippen LogP contribution is -2.47. The average Bonchev–Trinajstić information content (AvgIpc) is 2.54. The molecule has 1 N–H and O–H groups in total. The van der Waals surface area contributed by atoms with Gasteiger partial charge in [0.1, 0.15) is 5.75 Å². The number of carbonyl (C=O) groups is 1. The Morgan fingerprint density at radius 3 is 2.41 bits per heavy atom. The third-order valence-electron chi connectivity index (χ3n) is 3.34. The summed E-state index contributed by atoms with van der Waals surface area (Å²) in [6, 6.07) is 14.4. The van der Waals surface area contributed by atoms with Crippen LogP contribution in [0.5, 0.6) is 5.75 Å². The van der Waals surface area contributed by atoms with E-state index in [1.807, 2.05) is 0 Å². The Morgan fingerprint density at radius 1 is 1.09 bits per heavy atom. The van der Waals surface area contributed by atoms with Crippen LogP contribution in [0.25, 0.3) is 0 Å². The molecule has 1 unspecified atom stereocenters. The molecule has 6 nitrogen and oxygen atoms in total. The Kier molecular flexibility index (Phi) is 3.50. The number of ether oxygens (including phenoxy) is 1. The number of fused-ring (bicyclic) bond motifs is 1. The summed E-state index contributed by atoms with van der Waals surface area (Å²) in [6.07, 6.45) is -1.24. The number of hydrogen-bond donors (Lipinski definition) is 1. The summed E-state index contributed by atoms with van der Waals surface area (Å²) >= 11 is 0. The summed E-state index contributed by atoms with van der Waals surface area (Å²) in [7, 11) is -3.85. The minimum atomic E-state index is -3.85. The molecule has 0 aromatic heterocycles. The van der Waals surface area contributed by atoms with E-state index in [1.165, 1.54) is 12.1 Å². The molecule has 2 aromatic carbocycles. The first-order chi connectivity index (χ1) is 10.5. The zero-order chi connectivity index (χ0) is 15.7. The number of sulfonamides is 1. The molecular formula is C15H13NO5S. The lowest BCUT2D eigenvalue weighted by Gasteiger charge is -2.33. The van der Waals surface area contributed by atoms with Crippen LogP contribution < -0.4 is 9.04 Å². The number of rotatable bonds is 3. The van der Waals surface area contributed by atoms with Gasteiger partial charge in [0, 0.05) is 0 Å². The molecule has 7 heteroatoms. The minimum absolute atomic E-state index is 0.107. The highest BCUT2D eigenvalue weighted by Crippen LogP contribution is 2.36. The molecule has 0 saturated heterocycles. The Labute approximate surface area is 127 Å². The first-order valence-corrected chi connectivity index (χ1v) is 8.00. The van der Waals surface area contributed by atoms with Gasteiger partial charge >= 0.3 is 5.97 Å². The van der Waals surface area contributed by atoms with Crippen molar-refractivity contribution >= 4 is 21.7 Å². The van der Waals surface area contributed by atoms with E-state index in [0.717, 1.165) is 4.31 Å². The summed E-state index contributed by atoms with van der Waals surface area (Å²) in [4.78, 5) is 11.3. The normalized spacial score (nSPS) is 17.5. The predicted molar refractivity (Wildman–Crippen MR) is 79.5 cm³/mol. The van der Waals surface area contributed by atoms with Crippen molar-refractivity contribution in [2.75, 3.05) is 10.8 Å². The quantitative estimate of drug-likeness (QED) is 0.931. The number of nitrogens with zero attached hydrogens (tertiary/aromatic N) is 1. The number of carboxylic acid groups (broad SMARTS) is 1. The van der Waals surface area contributed by atoms with E-state index in [2.05, 4.69) is 0 Å². The summed E-state index contributed by atoms with van der Waals surface area (Å²) in [6.45, 7) is -0.274. The van der Waals surface area contributed by atoms with Crippen molar-refractivity contribution in [3.05, 3.63) is 54.6 Å². The number of benzene rings is 2. The van der Waals surface area contributed by atoms with Gasteiger partial charge in [-0.1, -0.05) is 30.3 Å². The van der Waals surface area contributed by atoms with Crippen molar-refractivity contribution in [3.8, 4) is 5.75 Å². The summed E-state index contributed by atoms with van der Waals surface area (Å²) < 4.78 is 32.0. The van der Waals surface area contributed by atoms with Crippen molar-refractivity contribution in [2.45, 2.75) is 11.0 Å². The highest BCUT2D eigenvalue weighted by molar-refractivity contribution is 7.92. The maximum atomic E-state index is 12.8. The van der Waals surface area contributed by atoms with E-state index < -0.39 is 22.1 Å². The lowest BCUT2D eigenvalue weighted by atomic mass is 10.2. The molecule has 0 fully saturated rings. The van der Waals surface area contributed by atoms with Crippen LogP contribution in [0, 0.1) is 0 Å². The van der Waals surface area contributed by atoms with Gasteiger partial charge in [-0.15, -0.1) is 0 Å². The van der Waals surface area contributed by atoms with Crippen molar-refractivity contribution in [1.29, 1.82) is 0 Å². The van der Waals surface area contributed by atoms with E-state index in [-0.39, 0.29) is 17.2 Å². The zero-order valence-corrected chi connectivity index (χ0v) is 12.2. The predicted octanol–water partition coefficient (Wildman–Crippen LogP) is 1.73. The molecule has 1 aliphatic heterocycles. The highest BCUT2D eigenvalue weighted by Gasteiger charge is 2.37. The van der Waals surface area contributed by atoms with Crippen molar-refractivity contribution in [2.24, 2.45) is 0 Å². The molecule has 0 radical (unpaired) electrons. The van der Waals surface area contributed by atoms with Gasteiger partial charge in [0.25, 0.3) is 10.0 Å². The van der Waals surface area contributed by atoms with Crippen LogP contribution in [0.4, 0.5) is 5.69 Å². The van der Waals surface area contributed by atoms with Crippen LogP contribution in [-0.2, 0) is 14.8 Å². The van der Waals surface area contributed by atoms with Crippen LogP contribution in [0.2, 0.25) is 0 Å². The van der Waals surface area contributed by atoms with Gasteiger partial charge in [-0.2, -0.15) is 0 Å². The summed E-state index contributed by atoms with van der Waals surface area (Å²) in [5, 5.41) is 9.17. The van der Waals surface area contributed by atoms with Gasteiger partial charge in [-0.25, -0.2) is 13.2 Å². The van der Waals surface area contributed by atoms with Gasteiger partial charge in [0.2, 0.25) is 6.10 Å². The molecule has 1 aliphatic rings. The highest BCUT2D eigenvalue weighted by atomic mass is 32.2. The van der Waals surface area contributed by atoms with E-state index in [9.17, 15) is 18.3 Å². The van der Waals surface area contributed by atoms with Crippen LogP contribution in [0.1, 0.15) is 0 Å². The first kappa shape index (κ1) is 14.4. The second-order valence-electron chi connectivity index (χ2n) is 4.76. The monoisotopic (exact) mass is 319 g/mol. The molecule has 1 heterocycles. The molecule has 0 spiro atoms. The second kappa shape index (κ2) is 5.34. The van der Waals surface area contributed by atoms with E-state index in [0.29, 0.717) is 5.69 Å². The van der Waals surface area contributed by atoms with Gasteiger partial charge < -0.3 is 9.84 Å². The maximum Gasteiger partial charge on any atom is 0.346 e. The fraction of sp³-hybridized carbons (Fsp3) is 0.133. The van der Waals surface area contributed by atoms with E-state index in [1.54, 1.807) is 42.5 Å². The molecule has 0 aliphatic carbocycles. The second-order valence-corrected chi connectivity index (χ2v) is 6.62. The third-order valence-corrected chi connectivity index (χ3v) is 5.14. The fourth-order valence-corrected chi connectivity index (χ4v) is 3.78. The van der Waals surface area contributed by atoms with Gasteiger partial charge in [0.05, 0.1) is 17.1 Å².